The van der Waals surface area contributed by atoms with Crippen LogP contribution in [-0.2, 0) is 4.74 Å². The first-order chi connectivity index (χ1) is 8.16. The summed E-state index contributed by atoms with van der Waals surface area (Å²) >= 11 is 3.27. The zero-order valence-corrected chi connectivity index (χ0v) is 10.6. The SMILES string of the molecule is O=C(O)c1ccc(Br)c(OCC2CCCO2)n1. The summed E-state index contributed by atoms with van der Waals surface area (Å²) in [6, 6.07) is 3.03. The third-order valence-corrected chi connectivity index (χ3v) is 3.07. The lowest BCUT2D eigenvalue weighted by Gasteiger charge is -2.11. The van der Waals surface area contributed by atoms with Crippen molar-refractivity contribution in [2.45, 2.75) is 18.9 Å². The summed E-state index contributed by atoms with van der Waals surface area (Å²) in [6.07, 6.45) is 2.09. The lowest BCUT2D eigenvalue weighted by Crippen LogP contribution is -2.17. The van der Waals surface area contributed by atoms with Crippen molar-refractivity contribution < 1.29 is 19.4 Å². The van der Waals surface area contributed by atoms with E-state index in [0.29, 0.717) is 17.0 Å². The van der Waals surface area contributed by atoms with Crippen LogP contribution in [0.4, 0.5) is 0 Å². The van der Waals surface area contributed by atoms with Gasteiger partial charge in [-0.1, -0.05) is 0 Å². The van der Waals surface area contributed by atoms with Crippen molar-refractivity contribution in [3.63, 3.8) is 0 Å². The van der Waals surface area contributed by atoms with E-state index in [1.54, 1.807) is 6.07 Å². The molecule has 0 spiro atoms. The Hall–Kier alpha value is -1.14. The number of rotatable bonds is 4. The van der Waals surface area contributed by atoms with Crippen molar-refractivity contribution in [1.29, 1.82) is 0 Å². The fraction of sp³-hybridized carbons (Fsp3) is 0.455. The molecule has 2 rings (SSSR count). The zero-order valence-electron chi connectivity index (χ0n) is 9.06. The van der Waals surface area contributed by atoms with Crippen LogP contribution in [0.3, 0.4) is 0 Å². The van der Waals surface area contributed by atoms with Gasteiger partial charge in [-0.3, -0.25) is 0 Å². The quantitative estimate of drug-likeness (QED) is 0.922. The smallest absolute Gasteiger partial charge is 0.354 e. The van der Waals surface area contributed by atoms with E-state index in [9.17, 15) is 4.79 Å². The van der Waals surface area contributed by atoms with Gasteiger partial charge in [0.15, 0.2) is 5.69 Å². The maximum absolute atomic E-state index is 10.8. The van der Waals surface area contributed by atoms with E-state index in [2.05, 4.69) is 20.9 Å². The standard InChI is InChI=1S/C11H12BrNO4/c12-8-3-4-9(11(14)15)13-10(8)17-6-7-2-1-5-16-7/h3-4,7H,1-2,5-6H2,(H,14,15). The number of hydrogen-bond donors (Lipinski definition) is 1. The van der Waals surface area contributed by atoms with Crippen LogP contribution in [0, 0.1) is 0 Å². The predicted molar refractivity (Wildman–Crippen MR) is 63.4 cm³/mol. The van der Waals surface area contributed by atoms with Crippen LogP contribution in [0.5, 0.6) is 5.88 Å². The maximum Gasteiger partial charge on any atom is 0.354 e. The van der Waals surface area contributed by atoms with Crippen LogP contribution in [0.25, 0.3) is 0 Å². The molecule has 1 aliphatic heterocycles. The fourth-order valence-electron chi connectivity index (χ4n) is 1.59. The van der Waals surface area contributed by atoms with Gasteiger partial charge in [-0.05, 0) is 40.9 Å². The summed E-state index contributed by atoms with van der Waals surface area (Å²) in [7, 11) is 0. The van der Waals surface area contributed by atoms with Gasteiger partial charge in [0.1, 0.15) is 6.61 Å². The number of nitrogens with zero attached hydrogens (tertiary/aromatic N) is 1. The second-order valence-electron chi connectivity index (χ2n) is 3.73. The van der Waals surface area contributed by atoms with Crippen molar-refractivity contribution in [2.75, 3.05) is 13.2 Å². The summed E-state index contributed by atoms with van der Waals surface area (Å²) in [4.78, 5) is 14.7. The molecule has 0 bridgehead atoms. The third-order valence-electron chi connectivity index (χ3n) is 2.46. The van der Waals surface area contributed by atoms with Gasteiger partial charge in [0.2, 0.25) is 5.88 Å². The van der Waals surface area contributed by atoms with Gasteiger partial charge in [-0.2, -0.15) is 0 Å². The zero-order chi connectivity index (χ0) is 12.3. The topological polar surface area (TPSA) is 68.7 Å². The van der Waals surface area contributed by atoms with Crippen LogP contribution in [0.1, 0.15) is 23.3 Å². The van der Waals surface area contributed by atoms with Crippen LogP contribution in [0.2, 0.25) is 0 Å². The number of halogens is 1. The van der Waals surface area contributed by atoms with E-state index < -0.39 is 5.97 Å². The molecule has 1 atom stereocenters. The molecule has 2 heterocycles. The van der Waals surface area contributed by atoms with Crippen molar-refractivity contribution >= 4 is 21.9 Å². The maximum atomic E-state index is 10.8. The van der Waals surface area contributed by atoms with E-state index in [1.165, 1.54) is 6.07 Å². The van der Waals surface area contributed by atoms with Crippen LogP contribution < -0.4 is 4.74 Å². The largest absolute Gasteiger partial charge is 0.477 e. The minimum absolute atomic E-state index is 0.0319. The number of ether oxygens (including phenoxy) is 2. The van der Waals surface area contributed by atoms with Crippen molar-refractivity contribution in [2.24, 2.45) is 0 Å². The Labute approximate surface area is 107 Å². The Morgan fingerprint density at radius 3 is 3.12 bits per heavy atom. The molecule has 1 aromatic heterocycles. The normalized spacial score (nSPS) is 19.2. The van der Waals surface area contributed by atoms with Gasteiger partial charge in [-0.25, -0.2) is 9.78 Å². The molecule has 0 radical (unpaired) electrons. The van der Waals surface area contributed by atoms with Gasteiger partial charge in [0.25, 0.3) is 0 Å². The van der Waals surface area contributed by atoms with Crippen LogP contribution in [-0.4, -0.2) is 35.4 Å². The molecule has 1 aliphatic rings. The number of aromatic nitrogens is 1. The lowest BCUT2D eigenvalue weighted by atomic mass is 10.2. The van der Waals surface area contributed by atoms with Gasteiger partial charge < -0.3 is 14.6 Å². The monoisotopic (exact) mass is 301 g/mol. The molecule has 1 N–H and O–H groups in total. The third kappa shape index (κ3) is 3.17. The Bertz CT molecular complexity index is 418. The molecular formula is C11H12BrNO4. The summed E-state index contributed by atoms with van der Waals surface area (Å²) in [5.74, 6) is -0.778. The molecule has 0 amide bonds. The Morgan fingerprint density at radius 1 is 1.65 bits per heavy atom. The number of pyridine rings is 1. The minimum Gasteiger partial charge on any atom is -0.477 e. The summed E-state index contributed by atoms with van der Waals surface area (Å²) in [5.41, 5.74) is -0.0319. The summed E-state index contributed by atoms with van der Waals surface area (Å²) in [5, 5.41) is 8.82. The van der Waals surface area contributed by atoms with Crippen LogP contribution >= 0.6 is 15.9 Å². The first-order valence-electron chi connectivity index (χ1n) is 5.31. The van der Waals surface area contributed by atoms with E-state index in [-0.39, 0.29) is 11.8 Å². The summed E-state index contributed by atoms with van der Waals surface area (Å²) in [6.45, 7) is 1.16. The molecule has 1 unspecified atom stereocenters. The number of carboxylic acid groups (broad SMARTS) is 1. The number of aromatic carboxylic acids is 1. The second-order valence-corrected chi connectivity index (χ2v) is 4.59. The highest BCUT2D eigenvalue weighted by Gasteiger charge is 2.17. The van der Waals surface area contributed by atoms with Gasteiger partial charge in [0, 0.05) is 6.61 Å². The molecular weight excluding hydrogens is 290 g/mol. The van der Waals surface area contributed by atoms with E-state index in [1.807, 2.05) is 0 Å². The van der Waals surface area contributed by atoms with E-state index >= 15 is 0 Å². The van der Waals surface area contributed by atoms with Crippen molar-refractivity contribution in [1.82, 2.24) is 4.98 Å². The predicted octanol–water partition coefficient (Wildman–Crippen LogP) is 2.10. The Kier molecular flexibility index (Phi) is 3.96. The highest BCUT2D eigenvalue weighted by Crippen LogP contribution is 2.23. The van der Waals surface area contributed by atoms with Gasteiger partial charge >= 0.3 is 5.97 Å². The first kappa shape index (κ1) is 12.3. The molecule has 1 saturated heterocycles. The first-order valence-corrected chi connectivity index (χ1v) is 6.10. The molecule has 92 valence electrons. The lowest BCUT2D eigenvalue weighted by molar-refractivity contribution is 0.0646. The molecule has 6 heteroatoms. The molecule has 1 fully saturated rings. The van der Waals surface area contributed by atoms with Gasteiger partial charge in [0.05, 0.1) is 10.6 Å². The van der Waals surface area contributed by atoms with Gasteiger partial charge in [-0.15, -0.1) is 0 Å². The fourth-order valence-corrected chi connectivity index (χ4v) is 1.93. The molecule has 0 aromatic carbocycles. The number of carboxylic acids is 1. The second kappa shape index (κ2) is 5.46. The van der Waals surface area contributed by atoms with Crippen molar-refractivity contribution in [3.05, 3.63) is 22.3 Å². The highest BCUT2D eigenvalue weighted by atomic mass is 79.9. The van der Waals surface area contributed by atoms with Crippen molar-refractivity contribution in [3.8, 4) is 5.88 Å². The number of carbonyl (C=O) groups is 1. The average Bonchev–Trinajstić information content (AvgIpc) is 2.80. The Morgan fingerprint density at radius 2 is 2.47 bits per heavy atom. The van der Waals surface area contributed by atoms with Crippen LogP contribution in [0.15, 0.2) is 16.6 Å². The molecule has 1 aromatic rings. The van der Waals surface area contributed by atoms with E-state index in [0.717, 1.165) is 19.4 Å². The summed E-state index contributed by atoms with van der Waals surface area (Å²) < 4.78 is 11.5. The Balaban J connectivity index is 2.03. The molecule has 5 nitrogen and oxygen atoms in total. The minimum atomic E-state index is -1.07. The molecule has 0 saturated carbocycles. The van der Waals surface area contributed by atoms with E-state index in [4.69, 9.17) is 14.6 Å². The molecule has 0 aliphatic carbocycles. The number of hydrogen-bond acceptors (Lipinski definition) is 4. The average molecular weight is 302 g/mol. The highest BCUT2D eigenvalue weighted by molar-refractivity contribution is 9.10. The molecule has 17 heavy (non-hydrogen) atoms.